The molecule has 0 aromatic heterocycles. The molecule has 1 rings (SSSR count). The maximum atomic E-state index is 12.1. The molecule has 0 saturated carbocycles. The van der Waals surface area contributed by atoms with Crippen LogP contribution in [0.15, 0.2) is 0 Å². The van der Waals surface area contributed by atoms with Gasteiger partial charge in [0.1, 0.15) is 11.7 Å². The van der Waals surface area contributed by atoms with Crippen molar-refractivity contribution in [3.63, 3.8) is 0 Å². The van der Waals surface area contributed by atoms with Gasteiger partial charge >= 0.3 is 12.1 Å². The Balaban J connectivity index is 2.62. The lowest BCUT2D eigenvalue weighted by atomic mass is 10.2. The SMILES string of the molecule is CC(C)OC(=O)[C@@H]1OC(C)(C)O[C@H]1CNC(=O)OC(C)(C)C. The number of carbonyl (C=O) groups is 2. The van der Waals surface area contributed by atoms with E-state index in [-0.39, 0.29) is 12.6 Å². The molecule has 22 heavy (non-hydrogen) atoms. The molecule has 1 N–H and O–H groups in total. The van der Waals surface area contributed by atoms with Crippen molar-refractivity contribution in [1.82, 2.24) is 5.32 Å². The molecule has 0 unspecified atom stereocenters. The van der Waals surface area contributed by atoms with Crippen molar-refractivity contribution in [2.24, 2.45) is 0 Å². The van der Waals surface area contributed by atoms with Crippen molar-refractivity contribution in [2.45, 2.75) is 78.2 Å². The van der Waals surface area contributed by atoms with Gasteiger partial charge < -0.3 is 24.3 Å². The third kappa shape index (κ3) is 6.19. The molecule has 0 bridgehead atoms. The van der Waals surface area contributed by atoms with Gasteiger partial charge in [0.05, 0.1) is 12.6 Å². The number of rotatable bonds is 4. The van der Waals surface area contributed by atoms with Crippen molar-refractivity contribution >= 4 is 12.1 Å². The maximum Gasteiger partial charge on any atom is 0.407 e. The second kappa shape index (κ2) is 6.83. The number of amides is 1. The molecular weight excluding hydrogens is 290 g/mol. The minimum atomic E-state index is -0.916. The first-order valence-corrected chi connectivity index (χ1v) is 7.42. The van der Waals surface area contributed by atoms with Gasteiger partial charge in [0.2, 0.25) is 0 Å². The van der Waals surface area contributed by atoms with Crippen LogP contribution in [0.2, 0.25) is 0 Å². The lowest BCUT2D eigenvalue weighted by Gasteiger charge is -2.21. The summed E-state index contributed by atoms with van der Waals surface area (Å²) in [5.41, 5.74) is -0.591. The minimum Gasteiger partial charge on any atom is -0.461 e. The number of hydrogen-bond acceptors (Lipinski definition) is 6. The monoisotopic (exact) mass is 317 g/mol. The zero-order valence-corrected chi connectivity index (χ0v) is 14.4. The Morgan fingerprint density at radius 3 is 2.32 bits per heavy atom. The first-order chi connectivity index (χ1) is 9.89. The van der Waals surface area contributed by atoms with Crippen molar-refractivity contribution in [1.29, 1.82) is 0 Å². The third-order valence-corrected chi connectivity index (χ3v) is 2.61. The van der Waals surface area contributed by atoms with E-state index >= 15 is 0 Å². The average molecular weight is 317 g/mol. The zero-order valence-electron chi connectivity index (χ0n) is 14.4. The lowest BCUT2D eigenvalue weighted by Crippen LogP contribution is -2.43. The predicted octanol–water partition coefficient (Wildman–Crippen LogP) is 1.98. The van der Waals surface area contributed by atoms with Crippen LogP contribution in [0.4, 0.5) is 4.79 Å². The number of ether oxygens (including phenoxy) is 4. The number of carbonyl (C=O) groups excluding carboxylic acids is 2. The summed E-state index contributed by atoms with van der Waals surface area (Å²) in [5.74, 6) is -1.42. The molecule has 1 heterocycles. The molecular formula is C15H27NO6. The summed E-state index contributed by atoms with van der Waals surface area (Å²) in [6, 6.07) is 0. The second-order valence-electron chi connectivity index (χ2n) is 6.96. The molecule has 0 aromatic carbocycles. The number of alkyl carbamates (subject to hydrolysis) is 1. The van der Waals surface area contributed by atoms with Crippen LogP contribution in [0.3, 0.4) is 0 Å². The number of esters is 1. The summed E-state index contributed by atoms with van der Waals surface area (Å²) in [6.07, 6.45) is -2.34. The Morgan fingerprint density at radius 1 is 1.23 bits per heavy atom. The van der Waals surface area contributed by atoms with Gasteiger partial charge in [-0.1, -0.05) is 0 Å². The molecule has 1 fully saturated rings. The van der Waals surface area contributed by atoms with E-state index in [1.165, 1.54) is 0 Å². The summed E-state index contributed by atoms with van der Waals surface area (Å²) in [5, 5.41) is 2.58. The van der Waals surface area contributed by atoms with Gasteiger partial charge in [-0.05, 0) is 48.5 Å². The molecule has 2 atom stereocenters. The van der Waals surface area contributed by atoms with Crippen LogP contribution in [0, 0.1) is 0 Å². The Morgan fingerprint density at radius 2 is 1.82 bits per heavy atom. The van der Waals surface area contributed by atoms with E-state index in [1.54, 1.807) is 48.5 Å². The predicted molar refractivity (Wildman–Crippen MR) is 79.3 cm³/mol. The van der Waals surface area contributed by atoms with Gasteiger partial charge in [0.25, 0.3) is 0 Å². The highest BCUT2D eigenvalue weighted by molar-refractivity contribution is 5.76. The molecule has 1 aliphatic rings. The number of hydrogen-bond donors (Lipinski definition) is 1. The fraction of sp³-hybridized carbons (Fsp3) is 0.867. The molecule has 0 aliphatic carbocycles. The van der Waals surface area contributed by atoms with Crippen LogP contribution < -0.4 is 5.32 Å². The first-order valence-electron chi connectivity index (χ1n) is 7.42. The number of nitrogens with one attached hydrogen (secondary N) is 1. The van der Waals surface area contributed by atoms with Crippen molar-refractivity contribution < 1.29 is 28.5 Å². The highest BCUT2D eigenvalue weighted by Crippen LogP contribution is 2.29. The van der Waals surface area contributed by atoms with E-state index in [0.717, 1.165) is 0 Å². The van der Waals surface area contributed by atoms with Crippen LogP contribution in [-0.4, -0.2) is 48.3 Å². The highest BCUT2D eigenvalue weighted by atomic mass is 16.8. The smallest absolute Gasteiger partial charge is 0.407 e. The molecule has 0 spiro atoms. The zero-order chi connectivity index (χ0) is 17.1. The molecule has 7 nitrogen and oxygen atoms in total. The van der Waals surface area contributed by atoms with Gasteiger partial charge in [-0.3, -0.25) is 0 Å². The Labute approximate surface area is 131 Å². The van der Waals surface area contributed by atoms with E-state index in [9.17, 15) is 9.59 Å². The van der Waals surface area contributed by atoms with E-state index in [2.05, 4.69) is 5.32 Å². The Bertz CT molecular complexity index is 413. The largest absolute Gasteiger partial charge is 0.461 e. The van der Waals surface area contributed by atoms with Crippen LogP contribution in [0.5, 0.6) is 0 Å². The summed E-state index contributed by atoms with van der Waals surface area (Å²) in [7, 11) is 0. The van der Waals surface area contributed by atoms with Crippen molar-refractivity contribution in [3.8, 4) is 0 Å². The molecule has 1 saturated heterocycles. The van der Waals surface area contributed by atoms with Crippen LogP contribution in [0.25, 0.3) is 0 Å². The molecule has 128 valence electrons. The van der Waals surface area contributed by atoms with E-state index < -0.39 is 35.7 Å². The van der Waals surface area contributed by atoms with E-state index in [0.29, 0.717) is 0 Å². The van der Waals surface area contributed by atoms with Gasteiger partial charge in [0.15, 0.2) is 11.9 Å². The van der Waals surface area contributed by atoms with E-state index in [4.69, 9.17) is 18.9 Å². The molecule has 7 heteroatoms. The van der Waals surface area contributed by atoms with Gasteiger partial charge in [-0.2, -0.15) is 0 Å². The van der Waals surface area contributed by atoms with Crippen LogP contribution >= 0.6 is 0 Å². The molecule has 1 amide bonds. The van der Waals surface area contributed by atoms with Crippen molar-refractivity contribution in [2.75, 3.05) is 6.54 Å². The second-order valence-corrected chi connectivity index (χ2v) is 6.96. The summed E-state index contributed by atoms with van der Waals surface area (Å²) in [6.45, 7) is 12.3. The van der Waals surface area contributed by atoms with Gasteiger partial charge in [0, 0.05) is 0 Å². The Hall–Kier alpha value is -1.34. The first kappa shape index (κ1) is 18.7. The third-order valence-electron chi connectivity index (χ3n) is 2.61. The molecule has 0 aromatic rings. The summed E-state index contributed by atoms with van der Waals surface area (Å²) >= 11 is 0. The fourth-order valence-electron chi connectivity index (χ4n) is 1.98. The molecule has 1 aliphatic heterocycles. The summed E-state index contributed by atoms with van der Waals surface area (Å²) < 4.78 is 21.5. The normalized spacial score (nSPS) is 24.2. The van der Waals surface area contributed by atoms with Gasteiger partial charge in [-0.15, -0.1) is 0 Å². The average Bonchev–Trinajstić information content (AvgIpc) is 2.59. The quantitative estimate of drug-likeness (QED) is 0.798. The van der Waals surface area contributed by atoms with Crippen molar-refractivity contribution in [3.05, 3.63) is 0 Å². The summed E-state index contributed by atoms with van der Waals surface area (Å²) in [4.78, 5) is 23.7. The van der Waals surface area contributed by atoms with E-state index in [1.807, 2.05) is 0 Å². The molecule has 0 radical (unpaired) electrons. The maximum absolute atomic E-state index is 12.1. The fourth-order valence-corrected chi connectivity index (χ4v) is 1.98. The van der Waals surface area contributed by atoms with Gasteiger partial charge in [-0.25, -0.2) is 9.59 Å². The Kier molecular flexibility index (Phi) is 5.81. The van der Waals surface area contributed by atoms with Crippen LogP contribution in [0.1, 0.15) is 48.5 Å². The topological polar surface area (TPSA) is 83.1 Å². The standard InChI is InChI=1S/C15H27NO6/c1-9(2)19-12(17)11-10(20-15(6,7)21-11)8-16-13(18)22-14(3,4)5/h9-11H,8H2,1-7H3,(H,16,18)/t10-,11+/m0/s1. The van der Waals surface area contributed by atoms with Crippen LogP contribution in [-0.2, 0) is 23.7 Å². The minimum absolute atomic E-state index is 0.0935. The highest BCUT2D eigenvalue weighted by Gasteiger charge is 2.46. The lowest BCUT2D eigenvalue weighted by molar-refractivity contribution is -0.173.